The van der Waals surface area contributed by atoms with E-state index >= 15 is 0 Å². The summed E-state index contributed by atoms with van der Waals surface area (Å²) in [6.07, 6.45) is 1.53. The van der Waals surface area contributed by atoms with Crippen molar-refractivity contribution in [3.63, 3.8) is 0 Å². The van der Waals surface area contributed by atoms with Gasteiger partial charge in [0.2, 0.25) is 0 Å². The van der Waals surface area contributed by atoms with E-state index in [0.717, 1.165) is 10.9 Å². The van der Waals surface area contributed by atoms with Crippen molar-refractivity contribution < 1.29 is 4.79 Å². The van der Waals surface area contributed by atoms with E-state index < -0.39 is 0 Å². The Bertz CT molecular complexity index is 575. The van der Waals surface area contributed by atoms with Gasteiger partial charge in [0.05, 0.1) is 11.1 Å². The average molecular weight is 183 g/mol. The second-order valence-corrected chi connectivity index (χ2v) is 3.04. The number of carbonyl (C=O) groups excluding carboxylic acids is 1. The molecule has 66 valence electrons. The molecule has 1 aliphatic heterocycles. The van der Waals surface area contributed by atoms with Crippen molar-refractivity contribution in [3.8, 4) is 0 Å². The second kappa shape index (κ2) is 2.45. The van der Waals surface area contributed by atoms with Crippen molar-refractivity contribution in [1.29, 1.82) is 0 Å². The summed E-state index contributed by atoms with van der Waals surface area (Å²) in [5.74, 6) is -0.307. The van der Waals surface area contributed by atoms with Gasteiger partial charge < -0.3 is 0 Å². The van der Waals surface area contributed by atoms with E-state index in [2.05, 4.69) is 15.2 Å². The number of azo groups is 1. The summed E-state index contributed by atoms with van der Waals surface area (Å²) >= 11 is 0. The zero-order valence-electron chi connectivity index (χ0n) is 7.14. The van der Waals surface area contributed by atoms with Gasteiger partial charge in [0.25, 0.3) is 5.91 Å². The van der Waals surface area contributed by atoms with Crippen LogP contribution in [-0.4, -0.2) is 10.9 Å². The SMILES string of the molecule is O=C1N=Nc2c1cnc1ccccc21. The summed E-state index contributed by atoms with van der Waals surface area (Å²) in [6, 6.07) is 7.56. The Hall–Kier alpha value is -2.10. The number of rotatable bonds is 0. The largest absolute Gasteiger partial charge is 0.299 e. The number of hydrogen-bond acceptors (Lipinski definition) is 3. The van der Waals surface area contributed by atoms with Crippen LogP contribution in [0.15, 0.2) is 40.7 Å². The Balaban J connectivity index is 2.49. The Kier molecular flexibility index (Phi) is 1.28. The van der Waals surface area contributed by atoms with Gasteiger partial charge in [-0.1, -0.05) is 18.2 Å². The molecule has 0 bridgehead atoms. The van der Waals surface area contributed by atoms with Crippen LogP contribution in [0.25, 0.3) is 10.9 Å². The molecule has 0 atom stereocenters. The van der Waals surface area contributed by atoms with Gasteiger partial charge in [-0.25, -0.2) is 0 Å². The molecular formula is C10H5N3O. The Labute approximate surface area is 79.3 Å². The topological polar surface area (TPSA) is 54.7 Å². The lowest BCUT2D eigenvalue weighted by molar-refractivity contribution is 0.100. The predicted octanol–water partition coefficient (Wildman–Crippen LogP) is 2.47. The van der Waals surface area contributed by atoms with E-state index in [-0.39, 0.29) is 5.91 Å². The highest BCUT2D eigenvalue weighted by molar-refractivity contribution is 6.08. The second-order valence-electron chi connectivity index (χ2n) is 3.04. The number of pyridine rings is 1. The first-order valence-corrected chi connectivity index (χ1v) is 4.20. The summed E-state index contributed by atoms with van der Waals surface area (Å²) in [5, 5.41) is 8.22. The molecule has 0 fully saturated rings. The molecule has 14 heavy (non-hydrogen) atoms. The Morgan fingerprint density at radius 3 is 2.86 bits per heavy atom. The Morgan fingerprint density at radius 2 is 1.93 bits per heavy atom. The third-order valence-electron chi connectivity index (χ3n) is 2.22. The fraction of sp³-hybridized carbons (Fsp3) is 0. The first-order valence-electron chi connectivity index (χ1n) is 4.20. The first kappa shape index (κ1) is 7.32. The lowest BCUT2D eigenvalue weighted by atomic mass is 10.1. The van der Waals surface area contributed by atoms with Crippen molar-refractivity contribution in [2.75, 3.05) is 0 Å². The number of hydrogen-bond donors (Lipinski definition) is 0. The number of nitrogens with zero attached hydrogens (tertiary/aromatic N) is 3. The van der Waals surface area contributed by atoms with Crippen LogP contribution in [-0.2, 0) is 0 Å². The zero-order valence-corrected chi connectivity index (χ0v) is 7.14. The van der Waals surface area contributed by atoms with Crippen molar-refractivity contribution in [2.24, 2.45) is 10.2 Å². The highest BCUT2D eigenvalue weighted by Gasteiger charge is 2.19. The van der Waals surface area contributed by atoms with Gasteiger partial charge in [-0.15, -0.1) is 10.2 Å². The van der Waals surface area contributed by atoms with Crippen molar-refractivity contribution in [2.45, 2.75) is 0 Å². The number of aromatic nitrogens is 1. The minimum atomic E-state index is -0.307. The summed E-state index contributed by atoms with van der Waals surface area (Å²) in [4.78, 5) is 15.4. The molecule has 0 radical (unpaired) electrons. The number of para-hydroxylation sites is 1. The fourth-order valence-electron chi connectivity index (χ4n) is 1.54. The molecule has 0 aliphatic carbocycles. The van der Waals surface area contributed by atoms with Gasteiger partial charge >= 0.3 is 0 Å². The number of fused-ring (bicyclic) bond motifs is 3. The van der Waals surface area contributed by atoms with Crippen LogP contribution in [0.4, 0.5) is 5.69 Å². The molecule has 2 aromatic rings. The highest BCUT2D eigenvalue weighted by atomic mass is 16.2. The number of benzene rings is 1. The van der Waals surface area contributed by atoms with Crippen molar-refractivity contribution >= 4 is 22.5 Å². The molecule has 0 unspecified atom stereocenters. The van der Waals surface area contributed by atoms with Crippen LogP contribution in [0.2, 0.25) is 0 Å². The molecule has 1 aromatic heterocycles. The number of carbonyl (C=O) groups is 1. The molecule has 0 spiro atoms. The molecular weight excluding hydrogens is 178 g/mol. The van der Waals surface area contributed by atoms with E-state index in [9.17, 15) is 4.79 Å². The van der Waals surface area contributed by atoms with Crippen LogP contribution in [0.3, 0.4) is 0 Å². The molecule has 0 N–H and O–H groups in total. The molecule has 1 amide bonds. The van der Waals surface area contributed by atoms with Crippen LogP contribution in [0.1, 0.15) is 10.4 Å². The summed E-state index contributed by atoms with van der Waals surface area (Å²) < 4.78 is 0. The van der Waals surface area contributed by atoms with Gasteiger partial charge in [-0.2, -0.15) is 0 Å². The highest BCUT2D eigenvalue weighted by Crippen LogP contribution is 2.33. The smallest absolute Gasteiger partial charge is 0.265 e. The van der Waals surface area contributed by atoms with E-state index in [1.54, 1.807) is 0 Å². The lowest BCUT2D eigenvalue weighted by Crippen LogP contribution is -1.90. The van der Waals surface area contributed by atoms with Crippen molar-refractivity contribution in [1.82, 2.24) is 4.98 Å². The van der Waals surface area contributed by atoms with E-state index in [0.29, 0.717) is 11.3 Å². The minimum absolute atomic E-state index is 0.307. The maximum Gasteiger partial charge on any atom is 0.299 e. The fourth-order valence-corrected chi connectivity index (χ4v) is 1.54. The quantitative estimate of drug-likeness (QED) is 0.629. The molecule has 3 rings (SSSR count). The Morgan fingerprint density at radius 1 is 1.07 bits per heavy atom. The standard InChI is InChI=1S/C10H5N3O/c14-10-7-5-11-8-4-2-1-3-6(8)9(7)12-13-10/h1-5H. The first-order chi connectivity index (χ1) is 6.86. The maximum atomic E-state index is 11.2. The zero-order chi connectivity index (χ0) is 9.54. The van der Waals surface area contributed by atoms with Gasteiger partial charge in [0, 0.05) is 11.6 Å². The van der Waals surface area contributed by atoms with Gasteiger partial charge in [0.1, 0.15) is 5.69 Å². The summed E-state index contributed by atoms with van der Waals surface area (Å²) in [6.45, 7) is 0. The molecule has 4 heteroatoms. The normalized spacial score (nSPS) is 13.6. The number of amides is 1. The van der Waals surface area contributed by atoms with Crippen LogP contribution < -0.4 is 0 Å². The minimum Gasteiger partial charge on any atom is -0.265 e. The molecule has 1 aliphatic rings. The van der Waals surface area contributed by atoms with Gasteiger partial charge in [-0.05, 0) is 6.07 Å². The van der Waals surface area contributed by atoms with E-state index in [4.69, 9.17) is 0 Å². The van der Waals surface area contributed by atoms with Crippen LogP contribution >= 0.6 is 0 Å². The van der Waals surface area contributed by atoms with Crippen LogP contribution in [0, 0.1) is 0 Å². The average Bonchev–Trinajstić information content (AvgIpc) is 2.61. The molecule has 1 aromatic carbocycles. The van der Waals surface area contributed by atoms with Crippen LogP contribution in [0.5, 0.6) is 0 Å². The molecule has 0 saturated heterocycles. The monoisotopic (exact) mass is 183 g/mol. The summed E-state index contributed by atoms with van der Waals surface area (Å²) in [7, 11) is 0. The summed E-state index contributed by atoms with van der Waals surface area (Å²) in [5.41, 5.74) is 1.96. The maximum absolute atomic E-state index is 11.2. The van der Waals surface area contributed by atoms with E-state index in [1.807, 2.05) is 24.3 Å². The van der Waals surface area contributed by atoms with Gasteiger partial charge in [-0.3, -0.25) is 9.78 Å². The predicted molar refractivity (Wildman–Crippen MR) is 50.6 cm³/mol. The molecule has 0 saturated carbocycles. The lowest BCUT2D eigenvalue weighted by Gasteiger charge is -1.98. The van der Waals surface area contributed by atoms with Crippen molar-refractivity contribution in [3.05, 3.63) is 36.0 Å². The van der Waals surface area contributed by atoms with E-state index in [1.165, 1.54) is 6.20 Å². The van der Waals surface area contributed by atoms with Gasteiger partial charge in [0.15, 0.2) is 0 Å². The third-order valence-corrected chi connectivity index (χ3v) is 2.22. The third kappa shape index (κ3) is 0.821. The molecule has 4 nitrogen and oxygen atoms in total. The molecule has 2 heterocycles.